The number of hydrogen-bond acceptors (Lipinski definition) is 7. The van der Waals surface area contributed by atoms with Gasteiger partial charge in [0.15, 0.2) is 11.5 Å². The van der Waals surface area contributed by atoms with Crippen molar-refractivity contribution in [1.82, 2.24) is 0 Å². The number of phenols is 1. The Morgan fingerprint density at radius 3 is 1.46 bits per heavy atom. The molecule has 0 spiro atoms. The van der Waals surface area contributed by atoms with Crippen LogP contribution in [0.2, 0.25) is 0 Å². The fraction of sp³-hybridized carbons (Fsp3) is 0.367. The Labute approximate surface area is 220 Å². The molecule has 0 heterocycles. The summed E-state index contributed by atoms with van der Waals surface area (Å²) in [7, 11) is 8.11. The normalized spacial score (nSPS) is 9.70. The highest BCUT2D eigenvalue weighted by Crippen LogP contribution is 2.38. The lowest BCUT2D eigenvalue weighted by Crippen LogP contribution is -1.98. The maximum Gasteiger partial charge on any atom is 0.164 e. The minimum atomic E-state index is 0.255. The van der Waals surface area contributed by atoms with Crippen molar-refractivity contribution >= 4 is 6.29 Å². The van der Waals surface area contributed by atoms with Crippen molar-refractivity contribution in [3.05, 3.63) is 69.3 Å². The quantitative estimate of drug-likeness (QED) is 0.379. The molecule has 3 rings (SSSR count). The molecular formula is C30H40O7. The van der Waals surface area contributed by atoms with Crippen LogP contribution in [-0.2, 0) is 0 Å². The summed E-state index contributed by atoms with van der Waals surface area (Å²) in [5.74, 6) is 4.06. The Bertz CT molecular complexity index is 1200. The smallest absolute Gasteiger partial charge is 0.164 e. The highest BCUT2D eigenvalue weighted by molar-refractivity contribution is 5.76. The average Bonchev–Trinajstić information content (AvgIpc) is 2.89. The number of benzene rings is 3. The van der Waals surface area contributed by atoms with Crippen LogP contribution in [0.5, 0.6) is 34.5 Å². The zero-order valence-corrected chi connectivity index (χ0v) is 23.9. The second-order valence-corrected chi connectivity index (χ2v) is 8.44. The minimum Gasteiger partial charge on any atom is -0.508 e. The number of rotatable bonds is 6. The monoisotopic (exact) mass is 512 g/mol. The molecule has 0 radical (unpaired) electrons. The molecular weight excluding hydrogens is 472 g/mol. The van der Waals surface area contributed by atoms with Crippen molar-refractivity contribution in [2.75, 3.05) is 35.5 Å². The predicted molar refractivity (Wildman–Crippen MR) is 148 cm³/mol. The molecule has 7 nitrogen and oxygen atoms in total. The first-order valence-corrected chi connectivity index (χ1v) is 11.7. The van der Waals surface area contributed by atoms with Crippen molar-refractivity contribution in [3.63, 3.8) is 0 Å². The van der Waals surface area contributed by atoms with Gasteiger partial charge in [-0.15, -0.1) is 0 Å². The van der Waals surface area contributed by atoms with Crippen LogP contribution in [0.3, 0.4) is 0 Å². The second kappa shape index (κ2) is 14.6. The maximum absolute atomic E-state index is 10.5. The lowest BCUT2D eigenvalue weighted by molar-refractivity contribution is 0.112. The highest BCUT2D eigenvalue weighted by Gasteiger charge is 2.13. The van der Waals surface area contributed by atoms with Gasteiger partial charge < -0.3 is 28.8 Å². The van der Waals surface area contributed by atoms with E-state index >= 15 is 0 Å². The largest absolute Gasteiger partial charge is 0.508 e. The molecule has 0 aliphatic rings. The van der Waals surface area contributed by atoms with Crippen molar-refractivity contribution < 1.29 is 33.6 Å². The molecule has 7 heteroatoms. The summed E-state index contributed by atoms with van der Waals surface area (Å²) in [6, 6.07) is 8.77. The number of aldehydes is 1. The van der Waals surface area contributed by atoms with Crippen LogP contribution in [0.1, 0.15) is 43.7 Å². The number of aromatic hydroxyl groups is 1. The average molecular weight is 513 g/mol. The first-order valence-electron chi connectivity index (χ1n) is 11.7. The van der Waals surface area contributed by atoms with Crippen molar-refractivity contribution in [3.8, 4) is 34.5 Å². The van der Waals surface area contributed by atoms with Gasteiger partial charge in [0, 0.05) is 23.3 Å². The molecule has 0 aromatic heterocycles. The summed E-state index contributed by atoms with van der Waals surface area (Å²) in [6.45, 7) is 11.8. The Balaban J connectivity index is 0.000000280. The number of carbonyl (C=O) groups is 1. The maximum atomic E-state index is 10.5. The van der Waals surface area contributed by atoms with Gasteiger partial charge in [0.25, 0.3) is 0 Å². The Hall–Kier alpha value is -3.87. The van der Waals surface area contributed by atoms with E-state index in [4.69, 9.17) is 28.8 Å². The molecule has 37 heavy (non-hydrogen) atoms. The number of aryl methyl sites for hydroxylation is 2. The summed E-state index contributed by atoms with van der Waals surface area (Å²) in [5.41, 5.74) is 7.07. The molecule has 0 atom stereocenters. The van der Waals surface area contributed by atoms with Gasteiger partial charge in [-0.1, -0.05) is 0 Å². The molecule has 0 bridgehead atoms. The SMILES string of the molecule is COc1cc(C=O)cc(C)c1C.COc1cc(O)cc(C)c1C.COc1cc(OC)c(OC)c(C)c1C. The number of hydrogen-bond donors (Lipinski definition) is 1. The summed E-state index contributed by atoms with van der Waals surface area (Å²) in [5, 5.41) is 9.17. The van der Waals surface area contributed by atoms with Crippen LogP contribution in [0.15, 0.2) is 30.3 Å². The molecule has 202 valence electrons. The van der Waals surface area contributed by atoms with Crippen molar-refractivity contribution in [1.29, 1.82) is 0 Å². The van der Waals surface area contributed by atoms with Crippen molar-refractivity contribution in [2.45, 2.75) is 41.5 Å². The fourth-order valence-electron chi connectivity index (χ4n) is 3.60. The molecule has 0 amide bonds. The molecule has 1 N–H and O–H groups in total. The van der Waals surface area contributed by atoms with Gasteiger partial charge in [-0.25, -0.2) is 0 Å². The fourth-order valence-corrected chi connectivity index (χ4v) is 3.60. The third kappa shape index (κ3) is 8.07. The standard InChI is InChI=1S/C11H16O3.C10H12O2.C9H12O2/c1-7-8(2)11(14-5)10(13-4)6-9(7)12-3;1-7-4-9(6-11)5-10(12-3)8(7)2;1-6-4-8(10)5-9(11-3)7(6)2/h6H,1-5H3;4-6H,1-3H3;4-5,10H,1-3H3. The Morgan fingerprint density at radius 2 is 1.00 bits per heavy atom. The van der Waals surface area contributed by atoms with Gasteiger partial charge in [-0.2, -0.15) is 0 Å². The molecule has 0 unspecified atom stereocenters. The van der Waals surface area contributed by atoms with E-state index in [1.165, 1.54) is 0 Å². The van der Waals surface area contributed by atoms with Gasteiger partial charge in [-0.05, 0) is 87.6 Å². The van der Waals surface area contributed by atoms with E-state index in [1.807, 2.05) is 53.7 Å². The minimum absolute atomic E-state index is 0.255. The van der Waals surface area contributed by atoms with Gasteiger partial charge in [-0.3, -0.25) is 4.79 Å². The van der Waals surface area contributed by atoms with Crippen LogP contribution < -0.4 is 23.7 Å². The lowest BCUT2D eigenvalue weighted by Gasteiger charge is -2.15. The Morgan fingerprint density at radius 1 is 0.541 bits per heavy atom. The molecule has 0 aliphatic carbocycles. The van der Waals surface area contributed by atoms with E-state index in [-0.39, 0.29) is 5.75 Å². The van der Waals surface area contributed by atoms with Crippen molar-refractivity contribution in [2.24, 2.45) is 0 Å². The molecule has 3 aromatic carbocycles. The van der Waals surface area contributed by atoms with E-state index in [9.17, 15) is 4.79 Å². The van der Waals surface area contributed by atoms with Crippen LogP contribution in [0.25, 0.3) is 0 Å². The number of ether oxygens (including phenoxy) is 5. The van der Waals surface area contributed by atoms with Gasteiger partial charge in [0.05, 0.1) is 35.5 Å². The molecule has 0 saturated carbocycles. The van der Waals surface area contributed by atoms with Crippen LogP contribution in [0.4, 0.5) is 0 Å². The third-order valence-corrected chi connectivity index (χ3v) is 6.23. The molecule has 0 fully saturated rings. The van der Waals surface area contributed by atoms with E-state index in [0.29, 0.717) is 11.3 Å². The zero-order valence-electron chi connectivity index (χ0n) is 23.9. The van der Waals surface area contributed by atoms with Gasteiger partial charge in [0.2, 0.25) is 0 Å². The van der Waals surface area contributed by atoms with E-state index in [0.717, 1.165) is 62.7 Å². The van der Waals surface area contributed by atoms with E-state index in [2.05, 4.69) is 0 Å². The first-order chi connectivity index (χ1) is 17.5. The van der Waals surface area contributed by atoms with Gasteiger partial charge in [0.1, 0.15) is 29.3 Å². The highest BCUT2D eigenvalue weighted by atomic mass is 16.5. The van der Waals surface area contributed by atoms with Gasteiger partial charge >= 0.3 is 0 Å². The second-order valence-electron chi connectivity index (χ2n) is 8.44. The topological polar surface area (TPSA) is 83.5 Å². The van der Waals surface area contributed by atoms with Crippen LogP contribution in [0, 0.1) is 41.5 Å². The zero-order chi connectivity index (χ0) is 28.3. The number of phenolic OH excluding ortho intramolecular Hbond substituents is 1. The lowest BCUT2D eigenvalue weighted by atomic mass is 10.1. The molecule has 0 saturated heterocycles. The summed E-state index contributed by atoms with van der Waals surface area (Å²) >= 11 is 0. The van der Waals surface area contributed by atoms with E-state index < -0.39 is 0 Å². The molecule has 0 aliphatic heterocycles. The molecule has 3 aromatic rings. The summed E-state index contributed by atoms with van der Waals surface area (Å²) < 4.78 is 25.9. The van der Waals surface area contributed by atoms with E-state index in [1.54, 1.807) is 53.7 Å². The third-order valence-electron chi connectivity index (χ3n) is 6.23. The summed E-state index contributed by atoms with van der Waals surface area (Å²) in [6.07, 6.45) is 0.828. The first kappa shape index (κ1) is 31.2. The Kier molecular flexibility index (Phi) is 12.3. The number of methoxy groups -OCH3 is 5. The van der Waals surface area contributed by atoms with Crippen LogP contribution >= 0.6 is 0 Å². The van der Waals surface area contributed by atoms with Crippen LogP contribution in [-0.4, -0.2) is 46.9 Å². The predicted octanol–water partition coefficient (Wildman–Crippen LogP) is 6.47. The number of carbonyl (C=O) groups excluding carboxylic acids is 1. The summed E-state index contributed by atoms with van der Waals surface area (Å²) in [4.78, 5) is 10.5.